The van der Waals surface area contributed by atoms with Crippen molar-refractivity contribution >= 4 is 28.8 Å². The summed E-state index contributed by atoms with van der Waals surface area (Å²) < 4.78 is 5.38. The molecule has 0 saturated heterocycles. The molecular formula is C25H31N3O3. The van der Waals surface area contributed by atoms with Crippen molar-refractivity contribution in [2.75, 3.05) is 0 Å². The zero-order valence-electron chi connectivity index (χ0n) is 19.0. The van der Waals surface area contributed by atoms with Crippen LogP contribution in [0.3, 0.4) is 0 Å². The number of aliphatic hydroxyl groups excluding tert-OH is 1. The summed E-state index contributed by atoms with van der Waals surface area (Å²) in [7, 11) is 0. The van der Waals surface area contributed by atoms with E-state index >= 15 is 0 Å². The Morgan fingerprint density at radius 2 is 1.81 bits per heavy atom. The lowest BCUT2D eigenvalue weighted by Gasteiger charge is -2.29. The first-order valence-corrected chi connectivity index (χ1v) is 10.4. The first kappa shape index (κ1) is 22.6. The van der Waals surface area contributed by atoms with Gasteiger partial charge in [-0.25, -0.2) is 9.78 Å². The third kappa shape index (κ3) is 5.52. The molecule has 1 aromatic carbocycles. The number of alkyl carbamates (subject to hydrolysis) is 1. The summed E-state index contributed by atoms with van der Waals surface area (Å²) in [6, 6.07) is 11.7. The molecule has 0 aliphatic rings. The number of amides is 1. The van der Waals surface area contributed by atoms with Crippen LogP contribution >= 0.6 is 0 Å². The van der Waals surface area contributed by atoms with E-state index in [4.69, 9.17) is 4.74 Å². The molecule has 6 nitrogen and oxygen atoms in total. The summed E-state index contributed by atoms with van der Waals surface area (Å²) in [5.74, 6) is 0. The Bertz CT molecular complexity index is 1090. The van der Waals surface area contributed by atoms with E-state index in [1.807, 2.05) is 83.3 Å². The van der Waals surface area contributed by atoms with Crippen molar-refractivity contribution in [1.82, 2.24) is 15.3 Å². The van der Waals surface area contributed by atoms with Gasteiger partial charge in [0.2, 0.25) is 0 Å². The number of carbonyl (C=O) groups is 1. The summed E-state index contributed by atoms with van der Waals surface area (Å²) in [4.78, 5) is 19.6. The van der Waals surface area contributed by atoms with Crippen LogP contribution in [0.4, 0.5) is 4.79 Å². The summed E-state index contributed by atoms with van der Waals surface area (Å²) in [6.45, 7) is 11.1. The molecule has 0 bridgehead atoms. The number of nitrogens with one attached hydrogen (secondary N) is 2. The number of benzene rings is 1. The van der Waals surface area contributed by atoms with Gasteiger partial charge >= 0.3 is 6.09 Å². The molecule has 3 rings (SSSR count). The van der Waals surface area contributed by atoms with E-state index in [2.05, 4.69) is 15.3 Å². The molecule has 1 amide bonds. The van der Waals surface area contributed by atoms with Crippen molar-refractivity contribution in [3.05, 3.63) is 65.5 Å². The van der Waals surface area contributed by atoms with Crippen molar-refractivity contribution < 1.29 is 14.6 Å². The van der Waals surface area contributed by atoms with E-state index < -0.39 is 23.3 Å². The van der Waals surface area contributed by atoms with Crippen LogP contribution in [0.15, 0.2) is 48.8 Å². The number of rotatable bonds is 5. The van der Waals surface area contributed by atoms with Crippen molar-refractivity contribution in [2.24, 2.45) is 0 Å². The molecule has 6 heteroatoms. The van der Waals surface area contributed by atoms with Crippen molar-refractivity contribution in [1.29, 1.82) is 0 Å². The van der Waals surface area contributed by atoms with Crippen LogP contribution in [0.2, 0.25) is 0 Å². The van der Waals surface area contributed by atoms with Gasteiger partial charge in [0.15, 0.2) is 0 Å². The third-order valence-corrected chi connectivity index (χ3v) is 5.01. The van der Waals surface area contributed by atoms with Gasteiger partial charge in [0.05, 0.1) is 11.6 Å². The molecule has 0 fully saturated rings. The second-order valence-corrected chi connectivity index (χ2v) is 9.25. The van der Waals surface area contributed by atoms with E-state index in [9.17, 15) is 9.90 Å². The lowest BCUT2D eigenvalue weighted by molar-refractivity contribution is 0.0470. The molecule has 3 N–H and O–H groups in total. The zero-order chi connectivity index (χ0) is 22.8. The number of pyridine rings is 1. The van der Waals surface area contributed by atoms with Crippen LogP contribution in [0.1, 0.15) is 58.2 Å². The van der Waals surface area contributed by atoms with Crippen LogP contribution in [-0.4, -0.2) is 32.9 Å². The Morgan fingerprint density at radius 3 is 2.42 bits per heavy atom. The number of hydrogen-bond acceptors (Lipinski definition) is 4. The van der Waals surface area contributed by atoms with Gasteiger partial charge in [0.1, 0.15) is 11.2 Å². The van der Waals surface area contributed by atoms with Gasteiger partial charge < -0.3 is 20.1 Å². The number of fused-ring (bicyclic) bond motifs is 1. The number of aromatic amines is 1. The van der Waals surface area contributed by atoms with Gasteiger partial charge in [0, 0.05) is 17.8 Å². The predicted octanol–water partition coefficient (Wildman–Crippen LogP) is 5.24. The zero-order valence-corrected chi connectivity index (χ0v) is 19.0. The second-order valence-electron chi connectivity index (χ2n) is 9.25. The Labute approximate surface area is 183 Å². The van der Waals surface area contributed by atoms with E-state index in [-0.39, 0.29) is 0 Å². The molecule has 0 spiro atoms. The molecule has 1 atom stereocenters. The Hall–Kier alpha value is -3.12. The number of ether oxygens (including phenoxy) is 1. The van der Waals surface area contributed by atoms with Gasteiger partial charge in [-0.05, 0) is 82.0 Å². The molecule has 31 heavy (non-hydrogen) atoms. The summed E-state index contributed by atoms with van der Waals surface area (Å²) in [6.07, 6.45) is 4.48. The fraction of sp³-hybridized carbons (Fsp3) is 0.360. The van der Waals surface area contributed by atoms with Gasteiger partial charge in [-0.15, -0.1) is 0 Å². The van der Waals surface area contributed by atoms with Crippen molar-refractivity contribution in [2.45, 2.75) is 58.8 Å². The number of aliphatic hydroxyl groups is 1. The highest BCUT2D eigenvalue weighted by atomic mass is 16.6. The second kappa shape index (κ2) is 8.55. The summed E-state index contributed by atoms with van der Waals surface area (Å²) >= 11 is 0. The third-order valence-electron chi connectivity index (χ3n) is 5.01. The van der Waals surface area contributed by atoms with Gasteiger partial charge in [0.25, 0.3) is 0 Å². The molecule has 2 aromatic heterocycles. The Morgan fingerprint density at radius 1 is 1.13 bits per heavy atom. The normalized spacial score (nSPS) is 13.8. The maximum Gasteiger partial charge on any atom is 0.408 e. The average molecular weight is 422 g/mol. The summed E-state index contributed by atoms with van der Waals surface area (Å²) in [5, 5.41) is 14.4. The number of carbonyl (C=O) groups excluding carboxylic acids is 1. The van der Waals surface area contributed by atoms with Gasteiger partial charge in [-0.3, -0.25) is 0 Å². The van der Waals surface area contributed by atoms with Crippen LogP contribution in [0.25, 0.3) is 22.7 Å². The minimum atomic E-state index is -0.652. The fourth-order valence-electron chi connectivity index (χ4n) is 3.43. The SMILES string of the molecule is CC(O)/C(=C\c1ccnc2[nH]ccc12)c1ccc(C(C)(C)NC(=O)OC(C)(C)C)cc1. The quantitative estimate of drug-likeness (QED) is 0.525. The fourth-order valence-corrected chi connectivity index (χ4v) is 3.43. The maximum atomic E-state index is 12.2. The molecule has 0 saturated carbocycles. The number of nitrogens with zero attached hydrogens (tertiary/aromatic N) is 1. The topological polar surface area (TPSA) is 87.2 Å². The monoisotopic (exact) mass is 421 g/mol. The highest BCUT2D eigenvalue weighted by molar-refractivity contribution is 5.93. The highest BCUT2D eigenvalue weighted by Crippen LogP contribution is 2.28. The van der Waals surface area contributed by atoms with E-state index in [1.54, 1.807) is 13.1 Å². The van der Waals surface area contributed by atoms with Crippen LogP contribution in [0.5, 0.6) is 0 Å². The van der Waals surface area contributed by atoms with Crippen molar-refractivity contribution in [3.8, 4) is 0 Å². The van der Waals surface area contributed by atoms with Crippen LogP contribution in [0, 0.1) is 0 Å². The van der Waals surface area contributed by atoms with E-state index in [1.165, 1.54) is 0 Å². The van der Waals surface area contributed by atoms with Crippen molar-refractivity contribution in [3.63, 3.8) is 0 Å². The molecule has 3 aromatic rings. The average Bonchev–Trinajstić information content (AvgIpc) is 3.13. The minimum absolute atomic E-state index is 0.459. The number of aromatic nitrogens is 2. The molecule has 0 radical (unpaired) electrons. The Balaban J connectivity index is 1.87. The lowest BCUT2D eigenvalue weighted by Crippen LogP contribution is -2.43. The largest absolute Gasteiger partial charge is 0.444 e. The van der Waals surface area contributed by atoms with Gasteiger partial charge in [-0.1, -0.05) is 24.3 Å². The predicted molar refractivity (Wildman–Crippen MR) is 124 cm³/mol. The molecule has 2 heterocycles. The smallest absolute Gasteiger partial charge is 0.408 e. The molecule has 164 valence electrons. The van der Waals surface area contributed by atoms with E-state index in [0.717, 1.165) is 33.3 Å². The minimum Gasteiger partial charge on any atom is -0.444 e. The number of H-pyrrole nitrogens is 1. The lowest BCUT2D eigenvalue weighted by atomic mass is 9.91. The van der Waals surface area contributed by atoms with Gasteiger partial charge in [-0.2, -0.15) is 0 Å². The first-order chi connectivity index (χ1) is 14.5. The molecular weight excluding hydrogens is 390 g/mol. The molecule has 1 unspecified atom stereocenters. The van der Waals surface area contributed by atoms with Crippen LogP contribution < -0.4 is 5.32 Å². The Kier molecular flexibility index (Phi) is 6.23. The molecule has 0 aliphatic heterocycles. The number of hydrogen-bond donors (Lipinski definition) is 3. The van der Waals surface area contributed by atoms with Crippen LogP contribution in [-0.2, 0) is 10.3 Å². The standard InChI is InChI=1S/C25H31N3O3/c1-16(29)21(15-18-11-13-26-22-20(18)12-14-27-22)17-7-9-19(10-8-17)25(5,6)28-23(30)31-24(2,3)4/h7-16,29H,1-6H3,(H,26,27)(H,28,30)/b21-15+. The first-order valence-electron chi connectivity index (χ1n) is 10.4. The maximum absolute atomic E-state index is 12.2. The van der Waals surface area contributed by atoms with E-state index in [0.29, 0.717) is 0 Å². The molecule has 0 aliphatic carbocycles. The summed E-state index contributed by atoms with van der Waals surface area (Å²) in [5.41, 5.74) is 3.27. The highest BCUT2D eigenvalue weighted by Gasteiger charge is 2.26.